The van der Waals surface area contributed by atoms with Crippen LogP contribution in [-0.2, 0) is 23.2 Å². The fraction of sp³-hybridized carbons (Fsp3) is 0.478. The molecular formula is C23H31IN4OS. The van der Waals surface area contributed by atoms with Crippen LogP contribution >= 0.6 is 35.3 Å². The number of aliphatic imine (C=N–C) groups is 1. The van der Waals surface area contributed by atoms with E-state index in [2.05, 4.69) is 64.3 Å². The number of halogens is 1. The van der Waals surface area contributed by atoms with E-state index >= 15 is 0 Å². The Morgan fingerprint density at radius 2 is 2.00 bits per heavy atom. The lowest BCUT2D eigenvalue weighted by atomic mass is 9.64. The van der Waals surface area contributed by atoms with Crippen molar-refractivity contribution < 1.29 is 4.79 Å². The van der Waals surface area contributed by atoms with E-state index in [0.29, 0.717) is 6.54 Å². The molecule has 1 aliphatic heterocycles. The molecule has 1 saturated carbocycles. The molecule has 30 heavy (non-hydrogen) atoms. The first-order chi connectivity index (χ1) is 14.2. The van der Waals surface area contributed by atoms with E-state index in [4.69, 9.17) is 0 Å². The van der Waals surface area contributed by atoms with Crippen LogP contribution in [0.25, 0.3) is 0 Å². The number of hydrogen-bond donors (Lipinski definition) is 2. The van der Waals surface area contributed by atoms with E-state index < -0.39 is 0 Å². The molecule has 7 heteroatoms. The number of rotatable bonds is 6. The van der Waals surface area contributed by atoms with Crippen LogP contribution in [0.1, 0.15) is 42.2 Å². The van der Waals surface area contributed by atoms with Gasteiger partial charge in [-0.1, -0.05) is 36.8 Å². The summed E-state index contributed by atoms with van der Waals surface area (Å²) in [6, 6.07) is 12.9. The number of carbonyl (C=O) groups is 1. The van der Waals surface area contributed by atoms with Gasteiger partial charge < -0.3 is 15.5 Å². The molecule has 2 aromatic rings. The van der Waals surface area contributed by atoms with Gasteiger partial charge in [-0.25, -0.2) is 4.99 Å². The smallest absolute Gasteiger partial charge is 0.244 e. The van der Waals surface area contributed by atoms with Gasteiger partial charge in [0.05, 0.1) is 0 Å². The van der Waals surface area contributed by atoms with Crippen LogP contribution in [0.4, 0.5) is 0 Å². The molecule has 2 heterocycles. The third-order valence-corrected chi connectivity index (χ3v) is 7.19. The van der Waals surface area contributed by atoms with Crippen LogP contribution in [0.15, 0.2) is 46.8 Å². The predicted octanol–water partition coefficient (Wildman–Crippen LogP) is 3.93. The Kier molecular flexibility index (Phi) is 8.16. The molecule has 0 bridgehead atoms. The summed E-state index contributed by atoms with van der Waals surface area (Å²) in [6.07, 6.45) is 4.61. The van der Waals surface area contributed by atoms with E-state index in [1.807, 2.05) is 4.90 Å². The highest BCUT2D eigenvalue weighted by atomic mass is 127. The van der Waals surface area contributed by atoms with E-state index in [9.17, 15) is 4.79 Å². The van der Waals surface area contributed by atoms with Gasteiger partial charge in [0, 0.05) is 36.5 Å². The summed E-state index contributed by atoms with van der Waals surface area (Å²) in [5.74, 6) is 0.830. The van der Waals surface area contributed by atoms with Crippen LogP contribution in [0, 0.1) is 0 Å². The largest absolute Gasteiger partial charge is 0.357 e. The highest BCUT2D eigenvalue weighted by Gasteiger charge is 2.38. The lowest BCUT2D eigenvalue weighted by molar-refractivity contribution is -0.130. The number of nitrogens with one attached hydrogen (secondary N) is 2. The maximum Gasteiger partial charge on any atom is 0.244 e. The number of nitrogens with zero attached hydrogens (tertiary/aromatic N) is 2. The first-order valence-corrected chi connectivity index (χ1v) is 11.5. The average Bonchev–Trinajstić information content (AvgIpc) is 3.19. The number of amides is 1. The standard InChI is InChI=1S/C23H30N4OS.HI/c1-2-24-22(26-17-23(11-6-12-23)19-7-4-3-5-8-19)25-15-21(28)27-13-9-20-18(16-27)10-14-29-20;/h3-5,7-8,10,14H,2,6,9,11-13,15-17H2,1H3,(H2,24,25,26);1H. The summed E-state index contributed by atoms with van der Waals surface area (Å²) in [7, 11) is 0. The second-order valence-electron chi connectivity index (χ2n) is 7.98. The molecule has 1 fully saturated rings. The Morgan fingerprint density at radius 1 is 1.20 bits per heavy atom. The lowest BCUT2D eigenvalue weighted by Crippen LogP contribution is -2.49. The van der Waals surface area contributed by atoms with Crippen molar-refractivity contribution in [2.45, 2.75) is 44.6 Å². The van der Waals surface area contributed by atoms with Crippen molar-refractivity contribution in [2.75, 3.05) is 26.2 Å². The lowest BCUT2D eigenvalue weighted by Gasteiger charge is -2.43. The molecule has 4 rings (SSSR count). The maximum absolute atomic E-state index is 12.7. The molecule has 2 aliphatic rings. The van der Waals surface area contributed by atoms with Gasteiger partial charge in [0.1, 0.15) is 6.54 Å². The van der Waals surface area contributed by atoms with Gasteiger partial charge in [-0.3, -0.25) is 4.79 Å². The SMILES string of the molecule is CCNC(=NCC(=O)N1CCc2sccc2C1)NCC1(c2ccccc2)CCC1.I. The van der Waals surface area contributed by atoms with Crippen LogP contribution in [0.3, 0.4) is 0 Å². The van der Waals surface area contributed by atoms with Gasteiger partial charge in [0.2, 0.25) is 5.91 Å². The monoisotopic (exact) mass is 538 g/mol. The number of thiophene rings is 1. The Morgan fingerprint density at radius 3 is 2.70 bits per heavy atom. The summed E-state index contributed by atoms with van der Waals surface area (Å²) >= 11 is 1.79. The van der Waals surface area contributed by atoms with Crippen molar-refractivity contribution >= 4 is 47.2 Å². The number of carbonyl (C=O) groups excluding carboxylic acids is 1. The minimum atomic E-state index is 0. The molecule has 1 aromatic heterocycles. The third-order valence-electron chi connectivity index (χ3n) is 6.17. The van der Waals surface area contributed by atoms with Gasteiger partial charge in [-0.15, -0.1) is 35.3 Å². The Hall–Kier alpha value is -1.61. The van der Waals surface area contributed by atoms with Crippen LogP contribution in [-0.4, -0.2) is 42.9 Å². The normalized spacial score (nSPS) is 17.4. The van der Waals surface area contributed by atoms with E-state index in [-0.39, 0.29) is 41.8 Å². The minimum Gasteiger partial charge on any atom is -0.357 e. The summed E-state index contributed by atoms with van der Waals surface area (Å²) in [5, 5.41) is 8.91. The molecule has 1 amide bonds. The Balaban J connectivity index is 0.00000256. The molecule has 2 N–H and O–H groups in total. The van der Waals surface area contributed by atoms with Crippen molar-refractivity contribution in [3.63, 3.8) is 0 Å². The van der Waals surface area contributed by atoms with Crippen LogP contribution < -0.4 is 10.6 Å². The number of fused-ring (bicyclic) bond motifs is 1. The summed E-state index contributed by atoms with van der Waals surface area (Å²) in [4.78, 5) is 20.6. The zero-order valence-electron chi connectivity index (χ0n) is 17.5. The molecule has 0 spiro atoms. The van der Waals surface area contributed by atoms with Crippen molar-refractivity contribution in [3.8, 4) is 0 Å². The fourth-order valence-electron chi connectivity index (χ4n) is 4.27. The van der Waals surface area contributed by atoms with Crippen LogP contribution in [0.2, 0.25) is 0 Å². The topological polar surface area (TPSA) is 56.7 Å². The summed E-state index contributed by atoms with van der Waals surface area (Å²) < 4.78 is 0. The van der Waals surface area contributed by atoms with Gasteiger partial charge in [0.15, 0.2) is 5.96 Å². The molecule has 0 atom stereocenters. The molecule has 0 unspecified atom stereocenters. The van der Waals surface area contributed by atoms with Gasteiger partial charge in [-0.2, -0.15) is 0 Å². The molecule has 5 nitrogen and oxygen atoms in total. The first kappa shape index (κ1) is 23.1. The predicted molar refractivity (Wildman–Crippen MR) is 135 cm³/mol. The number of guanidine groups is 1. The van der Waals surface area contributed by atoms with Gasteiger partial charge >= 0.3 is 0 Å². The molecule has 0 radical (unpaired) electrons. The Bertz CT molecular complexity index is 863. The van der Waals surface area contributed by atoms with Gasteiger partial charge in [0.25, 0.3) is 0 Å². The molecular weight excluding hydrogens is 507 g/mol. The average molecular weight is 538 g/mol. The second-order valence-corrected chi connectivity index (χ2v) is 8.98. The first-order valence-electron chi connectivity index (χ1n) is 10.6. The maximum atomic E-state index is 12.7. The number of benzene rings is 1. The van der Waals surface area contributed by atoms with Crippen LogP contribution in [0.5, 0.6) is 0 Å². The summed E-state index contributed by atoms with van der Waals surface area (Å²) in [5.41, 5.74) is 2.87. The minimum absolute atomic E-state index is 0. The van der Waals surface area contributed by atoms with E-state index in [1.54, 1.807) is 11.3 Å². The quantitative estimate of drug-likeness (QED) is 0.333. The van der Waals surface area contributed by atoms with E-state index in [0.717, 1.165) is 32.0 Å². The zero-order valence-corrected chi connectivity index (χ0v) is 20.7. The van der Waals surface area contributed by atoms with E-state index in [1.165, 1.54) is 35.3 Å². The zero-order chi connectivity index (χ0) is 20.1. The fourth-order valence-corrected chi connectivity index (χ4v) is 5.16. The molecule has 162 valence electrons. The van der Waals surface area contributed by atoms with Crippen molar-refractivity contribution in [3.05, 3.63) is 57.8 Å². The molecule has 1 aliphatic carbocycles. The summed E-state index contributed by atoms with van der Waals surface area (Å²) in [6.45, 7) is 5.38. The second kappa shape index (κ2) is 10.6. The molecule has 1 aromatic carbocycles. The molecule has 0 saturated heterocycles. The van der Waals surface area contributed by atoms with Crippen molar-refractivity contribution in [1.82, 2.24) is 15.5 Å². The highest BCUT2D eigenvalue weighted by molar-refractivity contribution is 14.0. The van der Waals surface area contributed by atoms with Crippen molar-refractivity contribution in [2.24, 2.45) is 4.99 Å². The van der Waals surface area contributed by atoms with Gasteiger partial charge in [-0.05, 0) is 48.8 Å². The third kappa shape index (κ3) is 5.17. The highest BCUT2D eigenvalue weighted by Crippen LogP contribution is 2.43. The Labute approximate surface area is 200 Å². The number of hydrogen-bond acceptors (Lipinski definition) is 3. The van der Waals surface area contributed by atoms with Crippen molar-refractivity contribution in [1.29, 1.82) is 0 Å².